The van der Waals surface area contributed by atoms with E-state index in [4.69, 9.17) is 9.47 Å². The van der Waals surface area contributed by atoms with E-state index in [2.05, 4.69) is 4.90 Å². The molecule has 0 bridgehead atoms. The van der Waals surface area contributed by atoms with E-state index in [9.17, 15) is 13.5 Å². The first-order valence-corrected chi connectivity index (χ1v) is 11.6. The average Bonchev–Trinajstić information content (AvgIpc) is 3.29. The van der Waals surface area contributed by atoms with Crippen LogP contribution in [0.1, 0.15) is 11.3 Å². The van der Waals surface area contributed by atoms with Gasteiger partial charge in [0.1, 0.15) is 24.2 Å². The Morgan fingerprint density at radius 3 is 2.59 bits per heavy atom. The third-order valence-electron chi connectivity index (χ3n) is 4.61. The zero-order valence-electron chi connectivity index (χ0n) is 15.3. The van der Waals surface area contributed by atoms with Crippen LogP contribution in [0.25, 0.3) is 0 Å². The Labute approximate surface area is 164 Å². The van der Waals surface area contributed by atoms with Crippen molar-refractivity contribution in [3.05, 3.63) is 46.7 Å². The van der Waals surface area contributed by atoms with Gasteiger partial charge in [-0.05, 0) is 42.1 Å². The molecule has 0 aliphatic carbocycles. The summed E-state index contributed by atoms with van der Waals surface area (Å²) in [5.41, 5.74) is 0. The number of hydrogen-bond acceptors (Lipinski definition) is 7. The zero-order valence-corrected chi connectivity index (χ0v) is 16.9. The van der Waals surface area contributed by atoms with E-state index in [1.165, 1.54) is 0 Å². The lowest BCUT2D eigenvalue weighted by atomic mass is 10.2. The Hall–Kier alpha value is -1.61. The molecule has 6 nitrogen and oxygen atoms in total. The zero-order chi connectivity index (χ0) is 19.3. The van der Waals surface area contributed by atoms with Gasteiger partial charge in [-0.2, -0.15) is 0 Å². The summed E-state index contributed by atoms with van der Waals surface area (Å²) in [7, 11) is -1.38. The maximum absolute atomic E-state index is 11.9. The van der Waals surface area contributed by atoms with E-state index < -0.39 is 15.9 Å². The maximum atomic E-state index is 11.9. The number of hydrogen-bond donors (Lipinski definition) is 1. The molecule has 1 aliphatic rings. The molecule has 27 heavy (non-hydrogen) atoms. The summed E-state index contributed by atoms with van der Waals surface area (Å²) >= 11 is 1.63. The average molecular weight is 412 g/mol. The van der Waals surface area contributed by atoms with Gasteiger partial charge < -0.3 is 14.6 Å². The highest BCUT2D eigenvalue weighted by Gasteiger charge is 2.33. The Morgan fingerprint density at radius 2 is 2.00 bits per heavy atom. The number of nitrogens with zero attached hydrogens (tertiary/aromatic N) is 1. The van der Waals surface area contributed by atoms with E-state index in [-0.39, 0.29) is 24.2 Å². The van der Waals surface area contributed by atoms with Crippen molar-refractivity contribution in [3.63, 3.8) is 0 Å². The van der Waals surface area contributed by atoms with Gasteiger partial charge in [0.05, 0.1) is 18.6 Å². The van der Waals surface area contributed by atoms with E-state index in [1.807, 2.05) is 17.5 Å². The number of methoxy groups -OCH3 is 1. The predicted molar refractivity (Wildman–Crippen MR) is 106 cm³/mol. The fourth-order valence-corrected chi connectivity index (χ4v) is 5.69. The highest BCUT2D eigenvalue weighted by molar-refractivity contribution is 7.91. The van der Waals surface area contributed by atoms with Gasteiger partial charge in [-0.3, -0.25) is 4.90 Å². The number of aliphatic hydroxyl groups excluding tert-OH is 1. The summed E-state index contributed by atoms with van der Waals surface area (Å²) < 4.78 is 34.5. The van der Waals surface area contributed by atoms with Gasteiger partial charge in [-0.25, -0.2) is 8.42 Å². The Balaban J connectivity index is 1.58. The predicted octanol–water partition coefficient (Wildman–Crippen LogP) is 2.19. The topological polar surface area (TPSA) is 76.1 Å². The van der Waals surface area contributed by atoms with Gasteiger partial charge in [0, 0.05) is 24.0 Å². The van der Waals surface area contributed by atoms with Crippen molar-refractivity contribution in [2.45, 2.75) is 25.1 Å². The number of rotatable bonds is 9. The Morgan fingerprint density at radius 1 is 1.26 bits per heavy atom. The summed E-state index contributed by atoms with van der Waals surface area (Å²) in [6, 6.07) is 11.1. The molecule has 148 valence electrons. The molecule has 2 heterocycles. The smallest absolute Gasteiger partial charge is 0.151 e. The van der Waals surface area contributed by atoms with Crippen molar-refractivity contribution in [3.8, 4) is 11.5 Å². The molecule has 1 aromatic heterocycles. The second-order valence-electron chi connectivity index (χ2n) is 6.71. The monoisotopic (exact) mass is 411 g/mol. The molecule has 3 rings (SSSR count). The minimum Gasteiger partial charge on any atom is -0.497 e. The first kappa shape index (κ1) is 20.1. The molecule has 0 saturated carbocycles. The SMILES string of the molecule is COc1ccc(OCC(O)CN(Cc2cccs2)C2CCS(=O)(=O)C2)cc1. The third kappa shape index (κ3) is 5.93. The van der Waals surface area contributed by atoms with Gasteiger partial charge in [0.15, 0.2) is 9.84 Å². The normalized spacial score (nSPS) is 19.9. The van der Waals surface area contributed by atoms with Crippen LogP contribution < -0.4 is 9.47 Å². The van der Waals surface area contributed by atoms with Crippen molar-refractivity contribution in [2.24, 2.45) is 0 Å². The number of aliphatic hydroxyl groups is 1. The first-order chi connectivity index (χ1) is 12.9. The molecule has 0 spiro atoms. The molecule has 2 atom stereocenters. The molecule has 0 radical (unpaired) electrons. The van der Waals surface area contributed by atoms with Crippen LogP contribution in [0, 0.1) is 0 Å². The van der Waals surface area contributed by atoms with Crippen molar-refractivity contribution >= 4 is 21.2 Å². The minimum atomic E-state index is -2.98. The molecule has 1 aromatic carbocycles. The largest absolute Gasteiger partial charge is 0.497 e. The lowest BCUT2D eigenvalue weighted by molar-refractivity contribution is 0.0529. The molecule has 1 N–H and O–H groups in total. The van der Waals surface area contributed by atoms with Crippen LogP contribution in [0.2, 0.25) is 0 Å². The van der Waals surface area contributed by atoms with Crippen LogP contribution in [-0.2, 0) is 16.4 Å². The van der Waals surface area contributed by atoms with Gasteiger partial charge in [0.2, 0.25) is 0 Å². The first-order valence-electron chi connectivity index (χ1n) is 8.87. The van der Waals surface area contributed by atoms with Crippen LogP contribution in [0.15, 0.2) is 41.8 Å². The fraction of sp³-hybridized carbons (Fsp3) is 0.474. The molecular formula is C19H25NO5S2. The van der Waals surface area contributed by atoms with E-state index in [0.29, 0.717) is 25.3 Å². The van der Waals surface area contributed by atoms with Gasteiger partial charge in [0.25, 0.3) is 0 Å². The molecule has 2 unspecified atom stereocenters. The quantitative estimate of drug-likeness (QED) is 0.682. The van der Waals surface area contributed by atoms with E-state index in [0.717, 1.165) is 10.6 Å². The Kier molecular flexibility index (Phi) is 6.75. The van der Waals surface area contributed by atoms with Crippen LogP contribution in [0.5, 0.6) is 11.5 Å². The van der Waals surface area contributed by atoms with E-state index in [1.54, 1.807) is 42.7 Å². The van der Waals surface area contributed by atoms with Crippen LogP contribution in [0.3, 0.4) is 0 Å². The summed E-state index contributed by atoms with van der Waals surface area (Å²) in [6.45, 7) is 1.15. The molecule has 8 heteroatoms. The molecule has 1 aliphatic heterocycles. The number of ether oxygens (including phenoxy) is 2. The number of sulfone groups is 1. The lowest BCUT2D eigenvalue weighted by Crippen LogP contribution is -2.42. The highest BCUT2D eigenvalue weighted by atomic mass is 32.2. The van der Waals surface area contributed by atoms with Crippen LogP contribution in [-0.4, -0.2) is 62.3 Å². The van der Waals surface area contributed by atoms with Crippen molar-refractivity contribution in [1.82, 2.24) is 4.90 Å². The maximum Gasteiger partial charge on any atom is 0.151 e. The van der Waals surface area contributed by atoms with E-state index >= 15 is 0 Å². The molecule has 1 fully saturated rings. The van der Waals surface area contributed by atoms with Crippen molar-refractivity contribution in [2.75, 3.05) is 31.8 Å². The van der Waals surface area contributed by atoms with Gasteiger partial charge >= 0.3 is 0 Å². The third-order valence-corrected chi connectivity index (χ3v) is 7.22. The highest BCUT2D eigenvalue weighted by Crippen LogP contribution is 2.22. The summed E-state index contributed by atoms with van der Waals surface area (Å²) in [4.78, 5) is 3.22. The molecular weight excluding hydrogens is 386 g/mol. The summed E-state index contributed by atoms with van der Waals surface area (Å²) in [5.74, 6) is 1.78. The molecule has 0 amide bonds. The Bertz CT molecular complexity index is 805. The fourth-order valence-electron chi connectivity index (χ4n) is 3.20. The van der Waals surface area contributed by atoms with Crippen molar-refractivity contribution < 1.29 is 23.0 Å². The van der Waals surface area contributed by atoms with Crippen LogP contribution >= 0.6 is 11.3 Å². The van der Waals surface area contributed by atoms with Gasteiger partial charge in [-0.1, -0.05) is 6.07 Å². The summed E-state index contributed by atoms with van der Waals surface area (Å²) in [6.07, 6.45) is -0.102. The summed E-state index contributed by atoms with van der Waals surface area (Å²) in [5, 5.41) is 12.5. The second kappa shape index (κ2) is 9.05. The lowest BCUT2D eigenvalue weighted by Gasteiger charge is -2.29. The number of thiophene rings is 1. The van der Waals surface area contributed by atoms with Crippen LogP contribution in [0.4, 0.5) is 0 Å². The molecule has 1 saturated heterocycles. The number of benzene rings is 1. The standard InChI is InChI=1S/C19H25NO5S2/c1-24-17-4-6-18(7-5-17)25-13-16(21)11-20(12-19-3-2-9-26-19)15-8-10-27(22,23)14-15/h2-7,9,15-16,21H,8,10-14H2,1H3. The van der Waals surface area contributed by atoms with Gasteiger partial charge in [-0.15, -0.1) is 11.3 Å². The minimum absolute atomic E-state index is 0.0623. The second-order valence-corrected chi connectivity index (χ2v) is 9.97. The van der Waals surface area contributed by atoms with Crippen molar-refractivity contribution in [1.29, 1.82) is 0 Å². The molecule has 2 aromatic rings.